The number of halogens is 1. The van der Waals surface area contributed by atoms with E-state index in [9.17, 15) is 14.7 Å². The predicted molar refractivity (Wildman–Crippen MR) is 136 cm³/mol. The second kappa shape index (κ2) is 7.06. The first-order valence-corrected chi connectivity index (χ1v) is 13.6. The van der Waals surface area contributed by atoms with Crippen LogP contribution in [0.2, 0.25) is 5.02 Å². The van der Waals surface area contributed by atoms with Gasteiger partial charge in [0.2, 0.25) is 0 Å². The lowest BCUT2D eigenvalue weighted by atomic mass is 9.42. The van der Waals surface area contributed by atoms with E-state index in [1.165, 1.54) is 29.6 Å². The molecule has 1 saturated heterocycles. The molecule has 196 valence electrons. The fourth-order valence-electron chi connectivity index (χ4n) is 8.68. The number of hydrogen-bond acceptors (Lipinski definition) is 6. The van der Waals surface area contributed by atoms with Gasteiger partial charge in [0.05, 0.1) is 12.2 Å². The molecule has 2 N–H and O–H groups in total. The van der Waals surface area contributed by atoms with E-state index in [2.05, 4.69) is 24.9 Å². The van der Waals surface area contributed by atoms with Crippen molar-refractivity contribution in [1.82, 2.24) is 4.98 Å². The van der Waals surface area contributed by atoms with Crippen LogP contribution in [0.4, 0.5) is 0 Å². The molecule has 1 aromatic heterocycles. The van der Waals surface area contributed by atoms with Gasteiger partial charge in [0.1, 0.15) is 0 Å². The summed E-state index contributed by atoms with van der Waals surface area (Å²) in [6.07, 6.45) is 4.00. The molecule has 3 aliphatic carbocycles. The number of nitrogens with one attached hydrogen (secondary N) is 1. The third kappa shape index (κ3) is 2.69. The van der Waals surface area contributed by atoms with Crippen molar-refractivity contribution in [3.8, 4) is 0 Å². The third-order valence-corrected chi connectivity index (χ3v) is 11.0. The van der Waals surface area contributed by atoms with Gasteiger partial charge in [0, 0.05) is 51.4 Å². The van der Waals surface area contributed by atoms with Crippen molar-refractivity contribution in [2.75, 3.05) is 6.61 Å². The molecule has 3 fully saturated rings. The summed E-state index contributed by atoms with van der Waals surface area (Å²) in [5.41, 5.74) is 0.558. The van der Waals surface area contributed by atoms with Gasteiger partial charge in [0.15, 0.2) is 23.3 Å². The van der Waals surface area contributed by atoms with E-state index < -0.39 is 34.5 Å². The third-order valence-electron chi connectivity index (χ3n) is 10.8. The van der Waals surface area contributed by atoms with E-state index >= 15 is 0 Å². The Balaban J connectivity index is 1.36. The number of H-pyrrole nitrogens is 1. The molecule has 1 aromatic carbocycles. The lowest BCUT2D eigenvalue weighted by Crippen LogP contribution is -2.74. The smallest absolute Gasteiger partial charge is 0.303 e. The summed E-state index contributed by atoms with van der Waals surface area (Å²) in [6, 6.07) is 5.98. The average Bonchev–Trinajstić information content (AvgIpc) is 3.33. The summed E-state index contributed by atoms with van der Waals surface area (Å²) in [4.78, 5) is 28.9. The second-order valence-corrected chi connectivity index (χ2v) is 12.8. The Morgan fingerprint density at radius 3 is 2.76 bits per heavy atom. The number of carbonyl (C=O) groups is 2. The largest absolute Gasteiger partial charge is 0.454 e. The van der Waals surface area contributed by atoms with Crippen LogP contribution in [0.5, 0.6) is 0 Å². The van der Waals surface area contributed by atoms with Crippen LogP contribution in [-0.2, 0) is 35.6 Å². The lowest BCUT2D eigenvalue weighted by molar-refractivity contribution is -0.350. The molecule has 2 aliphatic heterocycles. The minimum Gasteiger partial charge on any atom is -0.454 e. The van der Waals surface area contributed by atoms with E-state index in [4.69, 9.17) is 25.8 Å². The van der Waals surface area contributed by atoms with Crippen molar-refractivity contribution in [1.29, 1.82) is 0 Å². The van der Waals surface area contributed by atoms with Gasteiger partial charge in [-0.25, -0.2) is 0 Å². The summed E-state index contributed by atoms with van der Waals surface area (Å²) in [6.45, 7) is 7.45. The Hall–Kier alpha value is -2.19. The molecule has 5 aliphatic rings. The standard InChI is InChI=1S/C29H32ClNO6/c1-15(32)36-25(2)14-35-29-10-9-26(3)27(4)16(7-8-28(26,34)22(29)13-21(33)24(25)37-29)11-19-18-6-5-17(30)12-20(18)31-23(19)27/h5-6,12-13,16,24,31,34H,7-11,14H2,1-4H3. The minimum atomic E-state index is -1.30. The molecule has 7 rings (SSSR count). The van der Waals surface area contributed by atoms with Crippen LogP contribution in [-0.4, -0.2) is 51.5 Å². The first kappa shape index (κ1) is 23.9. The number of fused-ring (bicyclic) bond motifs is 9. The number of benzene rings is 1. The Labute approximate surface area is 220 Å². The Morgan fingerprint density at radius 1 is 1.22 bits per heavy atom. The van der Waals surface area contributed by atoms with Crippen molar-refractivity contribution >= 4 is 34.3 Å². The van der Waals surface area contributed by atoms with Gasteiger partial charge >= 0.3 is 5.97 Å². The molecule has 37 heavy (non-hydrogen) atoms. The van der Waals surface area contributed by atoms with Gasteiger partial charge in [-0.15, -0.1) is 0 Å². The van der Waals surface area contributed by atoms with E-state index in [0.29, 0.717) is 35.8 Å². The molecule has 0 radical (unpaired) electrons. The van der Waals surface area contributed by atoms with Crippen LogP contribution < -0.4 is 0 Å². The molecule has 0 amide bonds. The van der Waals surface area contributed by atoms with Gasteiger partial charge in [-0.05, 0) is 62.3 Å². The summed E-state index contributed by atoms with van der Waals surface area (Å²) in [5, 5.41) is 14.6. The van der Waals surface area contributed by atoms with Crippen LogP contribution in [0.15, 0.2) is 29.8 Å². The number of esters is 1. The molecule has 1 spiro atoms. The van der Waals surface area contributed by atoms with Crippen LogP contribution in [0, 0.1) is 11.3 Å². The number of aromatic nitrogens is 1. The van der Waals surface area contributed by atoms with Crippen molar-refractivity contribution in [2.45, 2.75) is 88.3 Å². The van der Waals surface area contributed by atoms with Gasteiger partial charge in [-0.1, -0.05) is 31.5 Å². The maximum Gasteiger partial charge on any atom is 0.303 e. The molecular weight excluding hydrogens is 494 g/mol. The SMILES string of the molecule is CC(=O)OC1(C)COC23CCC4(C)C(O)(CCC5Cc6c([nH]c7cc(Cl)ccc67)C54C)C2=CC(=O)C1O3. The molecule has 7 unspecified atom stereocenters. The van der Waals surface area contributed by atoms with Crippen molar-refractivity contribution in [2.24, 2.45) is 11.3 Å². The highest BCUT2D eigenvalue weighted by molar-refractivity contribution is 6.31. The normalized spacial score (nSPS) is 43.9. The quantitative estimate of drug-likeness (QED) is 0.531. The van der Waals surface area contributed by atoms with Gasteiger partial charge in [-0.3, -0.25) is 9.59 Å². The Bertz CT molecular complexity index is 1430. The summed E-state index contributed by atoms with van der Waals surface area (Å²) < 4.78 is 18.2. The van der Waals surface area contributed by atoms with E-state index in [1.807, 2.05) is 12.1 Å². The molecule has 7 nitrogen and oxygen atoms in total. The number of hydrogen-bond donors (Lipinski definition) is 2. The Morgan fingerprint density at radius 2 is 2.00 bits per heavy atom. The zero-order valence-corrected chi connectivity index (χ0v) is 22.3. The molecular formula is C29H32ClNO6. The van der Waals surface area contributed by atoms with E-state index in [0.717, 1.165) is 18.4 Å². The van der Waals surface area contributed by atoms with Crippen LogP contribution in [0.3, 0.4) is 0 Å². The average molecular weight is 526 g/mol. The maximum atomic E-state index is 13.5. The van der Waals surface area contributed by atoms with E-state index in [-0.39, 0.29) is 17.8 Å². The summed E-state index contributed by atoms with van der Waals surface area (Å²) in [5.74, 6) is -1.63. The zero-order chi connectivity index (χ0) is 26.2. The van der Waals surface area contributed by atoms with Crippen LogP contribution >= 0.6 is 11.6 Å². The maximum absolute atomic E-state index is 13.5. The van der Waals surface area contributed by atoms with Crippen molar-refractivity contribution < 1.29 is 28.9 Å². The number of carbonyl (C=O) groups excluding carboxylic acids is 2. The molecule has 8 heteroatoms. The monoisotopic (exact) mass is 525 g/mol. The van der Waals surface area contributed by atoms with Gasteiger partial charge in [-0.2, -0.15) is 0 Å². The highest BCUT2D eigenvalue weighted by Crippen LogP contribution is 2.71. The molecule has 3 heterocycles. The zero-order valence-electron chi connectivity index (χ0n) is 21.6. The van der Waals surface area contributed by atoms with E-state index in [1.54, 1.807) is 6.92 Å². The fraction of sp³-hybridized carbons (Fsp3) is 0.586. The number of aliphatic hydroxyl groups is 1. The van der Waals surface area contributed by atoms with Crippen molar-refractivity contribution in [3.05, 3.63) is 46.1 Å². The Kier molecular flexibility index (Phi) is 4.56. The topological polar surface area (TPSA) is 97.9 Å². The van der Waals surface area contributed by atoms with Gasteiger partial charge in [0.25, 0.3) is 0 Å². The molecule has 2 aromatic rings. The number of rotatable bonds is 1. The van der Waals surface area contributed by atoms with Gasteiger partial charge < -0.3 is 24.3 Å². The molecule has 2 saturated carbocycles. The number of ketones is 1. The highest BCUT2D eigenvalue weighted by atomic mass is 35.5. The minimum absolute atomic E-state index is 0.0277. The van der Waals surface area contributed by atoms with Crippen LogP contribution in [0.1, 0.15) is 64.6 Å². The fourth-order valence-corrected chi connectivity index (χ4v) is 8.85. The number of ether oxygens (including phenoxy) is 3. The second-order valence-electron chi connectivity index (χ2n) is 12.4. The van der Waals surface area contributed by atoms with Crippen molar-refractivity contribution in [3.63, 3.8) is 0 Å². The summed E-state index contributed by atoms with van der Waals surface area (Å²) in [7, 11) is 0. The van der Waals surface area contributed by atoms with Crippen LogP contribution in [0.25, 0.3) is 10.9 Å². The lowest BCUT2D eigenvalue weighted by Gasteiger charge is -2.67. The molecule has 7 atom stereocenters. The number of aromatic amines is 1. The predicted octanol–water partition coefficient (Wildman–Crippen LogP) is 4.52. The first-order valence-electron chi connectivity index (χ1n) is 13.2. The molecule has 2 bridgehead atoms. The highest BCUT2D eigenvalue weighted by Gasteiger charge is 2.74. The summed E-state index contributed by atoms with van der Waals surface area (Å²) >= 11 is 6.31. The first-order chi connectivity index (χ1) is 17.4.